The van der Waals surface area contributed by atoms with E-state index >= 15 is 0 Å². The maximum Gasteiger partial charge on any atom is 0.257 e. The molecule has 0 aliphatic carbocycles. The van der Waals surface area contributed by atoms with E-state index in [1.165, 1.54) is 31.2 Å². The van der Waals surface area contributed by atoms with Crippen LogP contribution in [0, 0.1) is 24.4 Å². The number of hydrogen-bond donors (Lipinski definition) is 1. The SMILES string of the molecule is Cc1ccc(F)c(C(=O)NCc2cc(Br)ccc2F)c1F. The Morgan fingerprint density at radius 2 is 1.81 bits per heavy atom. The molecule has 2 aromatic carbocycles. The third-order valence-corrected chi connectivity index (χ3v) is 3.45. The molecule has 110 valence electrons. The first-order valence-electron chi connectivity index (χ1n) is 6.07. The summed E-state index contributed by atoms with van der Waals surface area (Å²) >= 11 is 3.18. The van der Waals surface area contributed by atoms with Crippen LogP contribution in [0.4, 0.5) is 13.2 Å². The Hall–Kier alpha value is -1.82. The second-order valence-corrected chi connectivity index (χ2v) is 5.39. The van der Waals surface area contributed by atoms with Gasteiger partial charge in [0.2, 0.25) is 0 Å². The molecule has 1 N–H and O–H groups in total. The lowest BCUT2D eigenvalue weighted by molar-refractivity contribution is 0.0942. The van der Waals surface area contributed by atoms with Gasteiger partial charge in [-0.1, -0.05) is 22.0 Å². The van der Waals surface area contributed by atoms with Gasteiger partial charge in [-0.05, 0) is 36.8 Å². The van der Waals surface area contributed by atoms with E-state index in [-0.39, 0.29) is 17.7 Å². The Bertz CT molecular complexity index is 704. The molecular formula is C15H11BrF3NO. The zero-order valence-corrected chi connectivity index (χ0v) is 12.6. The molecule has 6 heteroatoms. The molecule has 0 aromatic heterocycles. The molecular weight excluding hydrogens is 347 g/mol. The molecule has 0 atom stereocenters. The van der Waals surface area contributed by atoms with E-state index in [0.29, 0.717) is 4.47 Å². The van der Waals surface area contributed by atoms with Crippen molar-refractivity contribution in [1.82, 2.24) is 5.32 Å². The number of halogens is 4. The number of hydrogen-bond acceptors (Lipinski definition) is 1. The lowest BCUT2D eigenvalue weighted by Gasteiger charge is -2.09. The summed E-state index contributed by atoms with van der Waals surface area (Å²) in [7, 11) is 0. The predicted molar refractivity (Wildman–Crippen MR) is 76.4 cm³/mol. The fourth-order valence-electron chi connectivity index (χ4n) is 1.81. The Labute approximate surface area is 128 Å². The van der Waals surface area contributed by atoms with Gasteiger partial charge in [0, 0.05) is 16.6 Å². The first-order valence-corrected chi connectivity index (χ1v) is 6.86. The van der Waals surface area contributed by atoms with Gasteiger partial charge in [-0.2, -0.15) is 0 Å². The molecule has 2 aromatic rings. The highest BCUT2D eigenvalue weighted by atomic mass is 79.9. The molecule has 0 radical (unpaired) electrons. The minimum atomic E-state index is -0.953. The lowest BCUT2D eigenvalue weighted by atomic mass is 10.1. The van der Waals surface area contributed by atoms with E-state index in [2.05, 4.69) is 21.2 Å². The highest BCUT2D eigenvalue weighted by molar-refractivity contribution is 9.10. The molecule has 0 aliphatic rings. The second kappa shape index (κ2) is 6.30. The maximum absolute atomic E-state index is 13.8. The monoisotopic (exact) mass is 357 g/mol. The van der Waals surface area contributed by atoms with Gasteiger partial charge < -0.3 is 5.32 Å². The van der Waals surface area contributed by atoms with Gasteiger partial charge in [-0.15, -0.1) is 0 Å². The lowest BCUT2D eigenvalue weighted by Crippen LogP contribution is -2.25. The largest absolute Gasteiger partial charge is 0.348 e. The van der Waals surface area contributed by atoms with E-state index in [0.717, 1.165) is 6.07 Å². The van der Waals surface area contributed by atoms with Gasteiger partial charge in [0.05, 0.1) is 0 Å². The Balaban J connectivity index is 2.20. The van der Waals surface area contributed by atoms with E-state index < -0.39 is 28.9 Å². The van der Waals surface area contributed by atoms with E-state index in [9.17, 15) is 18.0 Å². The molecule has 21 heavy (non-hydrogen) atoms. The molecule has 0 saturated heterocycles. The highest BCUT2D eigenvalue weighted by Crippen LogP contribution is 2.18. The summed E-state index contributed by atoms with van der Waals surface area (Å²) in [6.07, 6.45) is 0. The van der Waals surface area contributed by atoms with Gasteiger partial charge in [-0.25, -0.2) is 13.2 Å². The third kappa shape index (κ3) is 3.44. The number of carbonyl (C=O) groups excluding carboxylic acids is 1. The average Bonchev–Trinajstić information content (AvgIpc) is 2.44. The molecule has 0 spiro atoms. The van der Waals surface area contributed by atoms with Crippen LogP contribution in [0.5, 0.6) is 0 Å². The van der Waals surface area contributed by atoms with Gasteiger partial charge >= 0.3 is 0 Å². The van der Waals surface area contributed by atoms with Crippen molar-refractivity contribution in [3.05, 3.63) is 68.9 Å². The second-order valence-electron chi connectivity index (χ2n) is 4.47. The molecule has 1 amide bonds. The fourth-order valence-corrected chi connectivity index (χ4v) is 2.22. The number of aryl methyl sites for hydroxylation is 1. The Morgan fingerprint density at radius 3 is 2.52 bits per heavy atom. The summed E-state index contributed by atoms with van der Waals surface area (Å²) in [4.78, 5) is 11.9. The smallest absolute Gasteiger partial charge is 0.257 e. The van der Waals surface area contributed by atoms with Crippen molar-refractivity contribution in [2.45, 2.75) is 13.5 Å². The third-order valence-electron chi connectivity index (χ3n) is 2.96. The van der Waals surface area contributed by atoms with Crippen molar-refractivity contribution in [3.8, 4) is 0 Å². The van der Waals surface area contributed by atoms with Crippen molar-refractivity contribution < 1.29 is 18.0 Å². The normalized spacial score (nSPS) is 10.5. The first-order chi connectivity index (χ1) is 9.90. The van der Waals surface area contributed by atoms with Gasteiger partial charge in [0.1, 0.15) is 23.0 Å². The molecule has 0 aliphatic heterocycles. The van der Waals surface area contributed by atoms with Crippen LogP contribution < -0.4 is 5.32 Å². The Kier molecular flexibility index (Phi) is 4.67. The quantitative estimate of drug-likeness (QED) is 0.879. The van der Waals surface area contributed by atoms with Crippen molar-refractivity contribution in [2.24, 2.45) is 0 Å². The summed E-state index contributed by atoms with van der Waals surface area (Å²) in [5, 5.41) is 2.31. The van der Waals surface area contributed by atoms with Crippen molar-refractivity contribution in [2.75, 3.05) is 0 Å². The van der Waals surface area contributed by atoms with Crippen molar-refractivity contribution in [3.63, 3.8) is 0 Å². The summed E-state index contributed by atoms with van der Waals surface area (Å²) < 4.78 is 41.5. The van der Waals surface area contributed by atoms with Crippen LogP contribution in [-0.4, -0.2) is 5.91 Å². The standard InChI is InChI=1S/C15H11BrF3NO/c1-8-2-4-12(18)13(14(8)19)15(21)20-7-9-6-10(16)3-5-11(9)17/h2-6H,7H2,1H3,(H,20,21). The van der Waals surface area contributed by atoms with Gasteiger partial charge in [0.25, 0.3) is 5.91 Å². The summed E-state index contributed by atoms with van der Waals surface area (Å²) in [6, 6.07) is 6.50. The number of nitrogens with one attached hydrogen (secondary N) is 1. The van der Waals surface area contributed by atoms with Gasteiger partial charge in [0.15, 0.2) is 0 Å². The molecule has 0 unspecified atom stereocenters. The molecule has 0 bridgehead atoms. The molecule has 2 rings (SSSR count). The summed E-state index contributed by atoms with van der Waals surface area (Å²) in [5.41, 5.74) is -0.285. The van der Waals surface area contributed by atoms with Crippen LogP contribution in [0.25, 0.3) is 0 Å². The summed E-state index contributed by atoms with van der Waals surface area (Å²) in [5.74, 6) is -3.30. The fraction of sp³-hybridized carbons (Fsp3) is 0.133. The van der Waals surface area contributed by atoms with Crippen molar-refractivity contribution >= 4 is 21.8 Å². The predicted octanol–water partition coefficient (Wildman–Crippen LogP) is 4.10. The van der Waals surface area contributed by atoms with Crippen LogP contribution in [0.15, 0.2) is 34.8 Å². The minimum absolute atomic E-state index is 0.162. The average molecular weight is 358 g/mol. The molecule has 0 fully saturated rings. The summed E-state index contributed by atoms with van der Waals surface area (Å²) in [6.45, 7) is 1.26. The number of carbonyl (C=O) groups is 1. The van der Waals surface area contributed by atoms with E-state index in [1.807, 2.05) is 0 Å². The van der Waals surface area contributed by atoms with Crippen LogP contribution >= 0.6 is 15.9 Å². The number of amides is 1. The number of rotatable bonds is 3. The highest BCUT2D eigenvalue weighted by Gasteiger charge is 2.19. The molecule has 0 heterocycles. The van der Waals surface area contributed by atoms with Crippen LogP contribution in [0.1, 0.15) is 21.5 Å². The number of benzene rings is 2. The zero-order chi connectivity index (χ0) is 15.6. The maximum atomic E-state index is 13.8. The minimum Gasteiger partial charge on any atom is -0.348 e. The van der Waals surface area contributed by atoms with E-state index in [1.54, 1.807) is 0 Å². The molecule has 2 nitrogen and oxygen atoms in total. The molecule has 0 saturated carbocycles. The van der Waals surface area contributed by atoms with Crippen LogP contribution in [-0.2, 0) is 6.54 Å². The first kappa shape index (κ1) is 15.6. The van der Waals surface area contributed by atoms with Crippen molar-refractivity contribution in [1.29, 1.82) is 0 Å². The van der Waals surface area contributed by atoms with Gasteiger partial charge in [-0.3, -0.25) is 4.79 Å². The van der Waals surface area contributed by atoms with Crippen LogP contribution in [0.2, 0.25) is 0 Å². The topological polar surface area (TPSA) is 29.1 Å². The van der Waals surface area contributed by atoms with Crippen LogP contribution in [0.3, 0.4) is 0 Å². The zero-order valence-electron chi connectivity index (χ0n) is 11.0. The van der Waals surface area contributed by atoms with E-state index in [4.69, 9.17) is 0 Å². The Morgan fingerprint density at radius 1 is 1.14 bits per heavy atom.